The monoisotopic (exact) mass is 368 g/mol. The zero-order chi connectivity index (χ0) is 19.3. The molecular formula is C26H28N2. The number of anilines is 2. The predicted molar refractivity (Wildman–Crippen MR) is 120 cm³/mol. The van der Waals surface area contributed by atoms with Gasteiger partial charge < -0.3 is 9.80 Å². The Morgan fingerprint density at radius 3 is 1.75 bits per heavy atom. The van der Waals surface area contributed by atoms with Gasteiger partial charge in [-0.15, -0.1) is 0 Å². The van der Waals surface area contributed by atoms with Crippen molar-refractivity contribution in [1.82, 2.24) is 0 Å². The maximum Gasteiger partial charge on any atom is 0.132 e. The highest BCUT2D eigenvalue weighted by Crippen LogP contribution is 2.42. The van der Waals surface area contributed by atoms with Crippen LogP contribution in [0.5, 0.6) is 0 Å². The van der Waals surface area contributed by atoms with E-state index >= 15 is 0 Å². The van der Waals surface area contributed by atoms with E-state index in [1.807, 2.05) is 0 Å². The van der Waals surface area contributed by atoms with Gasteiger partial charge >= 0.3 is 0 Å². The van der Waals surface area contributed by atoms with Crippen molar-refractivity contribution in [2.75, 3.05) is 16.3 Å². The molecule has 1 unspecified atom stereocenters. The van der Waals surface area contributed by atoms with Crippen molar-refractivity contribution in [1.29, 1.82) is 0 Å². The van der Waals surface area contributed by atoms with Gasteiger partial charge in [-0.3, -0.25) is 0 Å². The molecule has 0 fully saturated rings. The third-order valence-electron chi connectivity index (χ3n) is 5.58. The zero-order valence-electron chi connectivity index (χ0n) is 16.8. The number of rotatable bonds is 5. The molecule has 0 amide bonds. The highest BCUT2D eigenvalue weighted by atomic mass is 15.4. The first kappa shape index (κ1) is 18.4. The molecule has 1 aliphatic heterocycles. The molecule has 142 valence electrons. The first-order valence-electron chi connectivity index (χ1n) is 10.2. The zero-order valence-corrected chi connectivity index (χ0v) is 16.8. The molecule has 28 heavy (non-hydrogen) atoms. The molecule has 0 N–H and O–H groups in total. The van der Waals surface area contributed by atoms with E-state index < -0.39 is 0 Å². The minimum Gasteiger partial charge on any atom is -0.343 e. The molecule has 0 saturated carbocycles. The molecule has 0 radical (unpaired) electrons. The van der Waals surface area contributed by atoms with E-state index in [1.54, 1.807) is 0 Å². The number of nitrogens with zero attached hydrogens (tertiary/aromatic N) is 2. The Morgan fingerprint density at radius 1 is 0.679 bits per heavy atom. The van der Waals surface area contributed by atoms with E-state index in [4.69, 9.17) is 0 Å². The third-order valence-corrected chi connectivity index (χ3v) is 5.58. The molecule has 0 saturated heterocycles. The number of para-hydroxylation sites is 2. The minimum absolute atomic E-state index is 0.135. The summed E-state index contributed by atoms with van der Waals surface area (Å²) < 4.78 is 0. The lowest BCUT2D eigenvalue weighted by Gasteiger charge is -2.48. The number of hydrogen-bond donors (Lipinski definition) is 0. The molecule has 1 aliphatic rings. The highest BCUT2D eigenvalue weighted by Gasteiger charge is 2.35. The van der Waals surface area contributed by atoms with Crippen molar-refractivity contribution < 1.29 is 0 Å². The molecule has 4 rings (SSSR count). The fourth-order valence-electron chi connectivity index (χ4n) is 4.27. The molecule has 2 heteroatoms. The van der Waals surface area contributed by atoms with E-state index in [2.05, 4.69) is 115 Å². The summed E-state index contributed by atoms with van der Waals surface area (Å²) in [5, 5.41) is 0. The maximum atomic E-state index is 2.55. The van der Waals surface area contributed by atoms with Crippen LogP contribution in [0, 0.1) is 0 Å². The molecular weight excluding hydrogens is 340 g/mol. The molecule has 3 aromatic rings. The SMILES string of the molecule is CCC1=C(CC)N(c2ccccc2)C(c2ccccc2)N(c2ccccc2)C1. The highest BCUT2D eigenvalue weighted by molar-refractivity contribution is 5.63. The summed E-state index contributed by atoms with van der Waals surface area (Å²) in [5.41, 5.74) is 6.80. The van der Waals surface area contributed by atoms with Crippen molar-refractivity contribution in [3.05, 3.63) is 108 Å². The van der Waals surface area contributed by atoms with Crippen molar-refractivity contribution >= 4 is 11.4 Å². The largest absolute Gasteiger partial charge is 0.343 e. The van der Waals surface area contributed by atoms with Gasteiger partial charge in [-0.2, -0.15) is 0 Å². The first-order chi connectivity index (χ1) is 13.8. The predicted octanol–water partition coefficient (Wildman–Crippen LogP) is 6.79. The number of allylic oxidation sites excluding steroid dienone is 1. The fraction of sp³-hybridized carbons (Fsp3) is 0.231. The smallest absolute Gasteiger partial charge is 0.132 e. The van der Waals surface area contributed by atoms with Gasteiger partial charge in [0.15, 0.2) is 0 Å². The summed E-state index contributed by atoms with van der Waals surface area (Å²) in [6, 6.07) is 32.5. The van der Waals surface area contributed by atoms with E-state index in [1.165, 1.54) is 28.2 Å². The Labute approximate surface area is 168 Å². The van der Waals surface area contributed by atoms with Gasteiger partial charge in [0.2, 0.25) is 0 Å². The lowest BCUT2D eigenvalue weighted by molar-refractivity contribution is 0.575. The molecule has 0 aliphatic carbocycles. The van der Waals surface area contributed by atoms with Crippen LogP contribution in [-0.2, 0) is 0 Å². The Bertz CT molecular complexity index is 916. The summed E-state index contributed by atoms with van der Waals surface area (Å²) in [7, 11) is 0. The van der Waals surface area contributed by atoms with Crippen molar-refractivity contribution in [2.45, 2.75) is 32.9 Å². The molecule has 1 heterocycles. The molecule has 0 spiro atoms. The van der Waals surface area contributed by atoms with Crippen LogP contribution >= 0.6 is 0 Å². The van der Waals surface area contributed by atoms with Crippen molar-refractivity contribution in [3.63, 3.8) is 0 Å². The van der Waals surface area contributed by atoms with Crippen LogP contribution in [0.1, 0.15) is 38.4 Å². The minimum atomic E-state index is 0.135. The quantitative estimate of drug-likeness (QED) is 0.489. The summed E-state index contributed by atoms with van der Waals surface area (Å²) in [6.07, 6.45) is 2.23. The van der Waals surface area contributed by atoms with Crippen molar-refractivity contribution in [2.24, 2.45) is 0 Å². The second-order valence-electron chi connectivity index (χ2n) is 7.21. The second-order valence-corrected chi connectivity index (χ2v) is 7.21. The van der Waals surface area contributed by atoms with E-state index in [9.17, 15) is 0 Å². The third kappa shape index (κ3) is 3.43. The molecule has 2 nitrogen and oxygen atoms in total. The standard InChI is InChI=1S/C26H28N2/c1-3-21-20-27(23-16-10-6-11-17-23)26(22-14-8-5-9-15-22)28(25(21)4-2)24-18-12-7-13-19-24/h5-19,26H,3-4,20H2,1-2H3. The average Bonchev–Trinajstić information content (AvgIpc) is 2.79. The van der Waals surface area contributed by atoms with Gasteiger partial charge in [-0.1, -0.05) is 80.6 Å². The normalized spacial score (nSPS) is 17.1. The van der Waals surface area contributed by atoms with Crippen LogP contribution in [0.2, 0.25) is 0 Å². The van der Waals surface area contributed by atoms with Crippen LogP contribution in [0.25, 0.3) is 0 Å². The number of benzene rings is 3. The lowest BCUT2D eigenvalue weighted by Crippen LogP contribution is -2.47. The van der Waals surface area contributed by atoms with Crippen LogP contribution < -0.4 is 9.80 Å². The lowest BCUT2D eigenvalue weighted by atomic mass is 9.97. The first-order valence-corrected chi connectivity index (χ1v) is 10.2. The van der Waals surface area contributed by atoms with Gasteiger partial charge in [0.1, 0.15) is 6.17 Å². The molecule has 0 bridgehead atoms. The van der Waals surface area contributed by atoms with Crippen LogP contribution in [0.4, 0.5) is 11.4 Å². The van der Waals surface area contributed by atoms with Crippen LogP contribution in [-0.4, -0.2) is 6.54 Å². The Hall–Kier alpha value is -3.00. The fourth-order valence-corrected chi connectivity index (χ4v) is 4.27. The van der Waals surface area contributed by atoms with Gasteiger partial charge in [-0.25, -0.2) is 0 Å². The van der Waals surface area contributed by atoms with E-state index in [0.29, 0.717) is 0 Å². The van der Waals surface area contributed by atoms with Crippen LogP contribution in [0.15, 0.2) is 102 Å². The average molecular weight is 369 g/mol. The molecule has 1 atom stereocenters. The van der Waals surface area contributed by atoms with Gasteiger partial charge in [0, 0.05) is 23.6 Å². The topological polar surface area (TPSA) is 6.48 Å². The molecule has 0 aromatic heterocycles. The Balaban J connectivity index is 1.94. The van der Waals surface area contributed by atoms with Crippen molar-refractivity contribution in [3.8, 4) is 0 Å². The number of hydrogen-bond acceptors (Lipinski definition) is 2. The van der Waals surface area contributed by atoms with Gasteiger partial charge in [0.25, 0.3) is 0 Å². The Kier molecular flexibility index (Phi) is 5.48. The van der Waals surface area contributed by atoms with Gasteiger partial charge in [0.05, 0.1) is 0 Å². The summed E-state index contributed by atoms with van der Waals surface area (Å²) in [4.78, 5) is 5.09. The molecule has 3 aromatic carbocycles. The van der Waals surface area contributed by atoms with E-state index in [-0.39, 0.29) is 6.17 Å². The summed E-state index contributed by atoms with van der Waals surface area (Å²) in [5.74, 6) is 0. The summed E-state index contributed by atoms with van der Waals surface area (Å²) >= 11 is 0. The maximum absolute atomic E-state index is 2.55. The second kappa shape index (κ2) is 8.35. The van der Waals surface area contributed by atoms with Crippen LogP contribution in [0.3, 0.4) is 0 Å². The summed E-state index contributed by atoms with van der Waals surface area (Å²) in [6.45, 7) is 5.52. The van der Waals surface area contributed by atoms with E-state index in [0.717, 1.165) is 19.4 Å². The Morgan fingerprint density at radius 2 is 1.21 bits per heavy atom. The van der Waals surface area contributed by atoms with Gasteiger partial charge in [-0.05, 0) is 48.2 Å².